The molecule has 1 aromatic carbocycles. The van der Waals surface area contributed by atoms with Gasteiger partial charge in [-0.05, 0) is 24.3 Å². The molecule has 15 heavy (non-hydrogen) atoms. The number of hydrogen-bond donors (Lipinski definition) is 1. The molecule has 74 valence electrons. The molecule has 0 spiro atoms. The summed E-state index contributed by atoms with van der Waals surface area (Å²) in [6.07, 6.45) is 0. The Kier molecular flexibility index (Phi) is 1.94. The van der Waals surface area contributed by atoms with Crippen molar-refractivity contribution in [3.8, 4) is 0 Å². The summed E-state index contributed by atoms with van der Waals surface area (Å²) in [5.41, 5.74) is 1.79. The minimum atomic E-state index is 0.406. The van der Waals surface area contributed by atoms with Gasteiger partial charge in [0, 0.05) is 20.8 Å². The molecule has 0 aliphatic rings. The first-order valence-corrected chi connectivity index (χ1v) is 5.51. The third-order valence-corrected chi connectivity index (χ3v) is 2.97. The SMILES string of the molecule is Clc1cc2c(nn1)[nH]c1ccc(Br)cc12. The first-order chi connectivity index (χ1) is 7.24. The van der Waals surface area contributed by atoms with Crippen molar-refractivity contribution in [2.24, 2.45) is 0 Å². The van der Waals surface area contributed by atoms with Crippen molar-refractivity contribution < 1.29 is 0 Å². The Morgan fingerprint density at radius 2 is 2.00 bits per heavy atom. The summed E-state index contributed by atoms with van der Waals surface area (Å²) in [6, 6.07) is 7.82. The van der Waals surface area contributed by atoms with E-state index in [0.29, 0.717) is 5.15 Å². The molecule has 0 aliphatic heterocycles. The number of aromatic amines is 1. The molecule has 0 radical (unpaired) electrons. The van der Waals surface area contributed by atoms with Crippen molar-refractivity contribution in [3.63, 3.8) is 0 Å². The van der Waals surface area contributed by atoms with E-state index in [4.69, 9.17) is 11.6 Å². The third kappa shape index (κ3) is 1.41. The highest BCUT2D eigenvalue weighted by Gasteiger charge is 2.06. The van der Waals surface area contributed by atoms with Crippen LogP contribution in [0.4, 0.5) is 0 Å². The number of fused-ring (bicyclic) bond motifs is 3. The van der Waals surface area contributed by atoms with Crippen molar-refractivity contribution in [2.75, 3.05) is 0 Å². The Balaban J connectivity index is 2.55. The first kappa shape index (κ1) is 9.12. The second kappa shape index (κ2) is 3.18. The van der Waals surface area contributed by atoms with Crippen molar-refractivity contribution in [1.82, 2.24) is 15.2 Å². The predicted molar refractivity (Wildman–Crippen MR) is 64.1 cm³/mol. The lowest BCUT2D eigenvalue weighted by molar-refractivity contribution is 1.06. The van der Waals surface area contributed by atoms with E-state index in [0.717, 1.165) is 26.4 Å². The van der Waals surface area contributed by atoms with Gasteiger partial charge in [0.15, 0.2) is 10.8 Å². The maximum absolute atomic E-state index is 5.82. The smallest absolute Gasteiger partial charge is 0.161 e. The Morgan fingerprint density at radius 1 is 1.13 bits per heavy atom. The fourth-order valence-electron chi connectivity index (χ4n) is 1.64. The molecule has 0 fully saturated rings. The Hall–Kier alpha value is -1.13. The highest BCUT2D eigenvalue weighted by molar-refractivity contribution is 9.10. The largest absolute Gasteiger partial charge is 0.338 e. The van der Waals surface area contributed by atoms with Gasteiger partial charge in [-0.1, -0.05) is 27.5 Å². The summed E-state index contributed by atoms with van der Waals surface area (Å²) in [4.78, 5) is 3.18. The molecule has 0 bridgehead atoms. The summed E-state index contributed by atoms with van der Waals surface area (Å²) in [5, 5.41) is 10.3. The zero-order valence-corrected chi connectivity index (χ0v) is 9.80. The fourth-order valence-corrected chi connectivity index (χ4v) is 2.15. The first-order valence-electron chi connectivity index (χ1n) is 4.34. The number of benzene rings is 1. The molecule has 0 saturated heterocycles. The van der Waals surface area contributed by atoms with E-state index in [9.17, 15) is 0 Å². The molecular formula is C10H5BrClN3. The van der Waals surface area contributed by atoms with Crippen LogP contribution < -0.4 is 0 Å². The van der Waals surface area contributed by atoms with Crippen LogP contribution in [0.5, 0.6) is 0 Å². The quantitative estimate of drug-likeness (QED) is 0.685. The number of aromatic nitrogens is 3. The molecule has 0 atom stereocenters. The number of nitrogens with one attached hydrogen (secondary N) is 1. The Labute approximate surface area is 98.6 Å². The fraction of sp³-hybridized carbons (Fsp3) is 0. The maximum Gasteiger partial charge on any atom is 0.161 e. The van der Waals surface area contributed by atoms with Gasteiger partial charge in [-0.15, -0.1) is 10.2 Å². The molecule has 2 aromatic heterocycles. The minimum Gasteiger partial charge on any atom is -0.338 e. The lowest BCUT2D eigenvalue weighted by Crippen LogP contribution is -1.81. The number of rotatable bonds is 0. The normalized spacial score (nSPS) is 11.3. The van der Waals surface area contributed by atoms with Crippen LogP contribution in [-0.4, -0.2) is 15.2 Å². The van der Waals surface area contributed by atoms with Crippen molar-refractivity contribution in [3.05, 3.63) is 33.9 Å². The molecule has 0 unspecified atom stereocenters. The van der Waals surface area contributed by atoms with Crippen LogP contribution in [0.25, 0.3) is 21.9 Å². The monoisotopic (exact) mass is 281 g/mol. The van der Waals surface area contributed by atoms with Crippen LogP contribution in [0.3, 0.4) is 0 Å². The van der Waals surface area contributed by atoms with Gasteiger partial charge < -0.3 is 4.98 Å². The Morgan fingerprint density at radius 3 is 2.87 bits per heavy atom. The molecule has 5 heteroatoms. The number of halogens is 2. The van der Waals surface area contributed by atoms with Gasteiger partial charge in [0.2, 0.25) is 0 Å². The van der Waals surface area contributed by atoms with Crippen molar-refractivity contribution in [1.29, 1.82) is 0 Å². The van der Waals surface area contributed by atoms with Crippen molar-refractivity contribution >= 4 is 49.5 Å². The van der Waals surface area contributed by atoms with Gasteiger partial charge in [-0.2, -0.15) is 0 Å². The second-order valence-corrected chi connectivity index (χ2v) is 4.55. The van der Waals surface area contributed by atoms with Crippen LogP contribution in [0.1, 0.15) is 0 Å². The lowest BCUT2D eigenvalue weighted by atomic mass is 10.2. The third-order valence-electron chi connectivity index (χ3n) is 2.29. The van der Waals surface area contributed by atoms with E-state index >= 15 is 0 Å². The van der Waals surface area contributed by atoms with Gasteiger partial charge in [0.05, 0.1) is 0 Å². The summed E-state index contributed by atoms with van der Waals surface area (Å²) in [6.45, 7) is 0. The van der Waals surface area contributed by atoms with Crippen LogP contribution in [-0.2, 0) is 0 Å². The zero-order valence-electron chi connectivity index (χ0n) is 7.46. The predicted octanol–water partition coefficient (Wildman–Crippen LogP) is 3.53. The molecule has 2 heterocycles. The average molecular weight is 283 g/mol. The van der Waals surface area contributed by atoms with Gasteiger partial charge >= 0.3 is 0 Å². The molecule has 3 aromatic rings. The Bertz CT molecular complexity index is 606. The molecule has 3 nitrogen and oxygen atoms in total. The lowest BCUT2D eigenvalue weighted by Gasteiger charge is -1.92. The molecule has 0 saturated carbocycles. The van der Waals surface area contributed by atoms with Crippen LogP contribution in [0.15, 0.2) is 28.7 Å². The standard InChI is InChI=1S/C10H5BrClN3/c11-5-1-2-8-6(3-5)7-4-9(12)14-15-10(7)13-8/h1-4H,(H,13,15). The van der Waals surface area contributed by atoms with Gasteiger partial charge in [-0.3, -0.25) is 0 Å². The molecule has 0 aliphatic carbocycles. The van der Waals surface area contributed by atoms with Crippen LogP contribution >= 0.6 is 27.5 Å². The highest BCUT2D eigenvalue weighted by Crippen LogP contribution is 2.27. The van der Waals surface area contributed by atoms with E-state index in [1.54, 1.807) is 0 Å². The average Bonchev–Trinajstić information content (AvgIpc) is 2.56. The maximum atomic E-state index is 5.82. The van der Waals surface area contributed by atoms with Crippen LogP contribution in [0, 0.1) is 0 Å². The van der Waals surface area contributed by atoms with Gasteiger partial charge in [0.25, 0.3) is 0 Å². The van der Waals surface area contributed by atoms with E-state index < -0.39 is 0 Å². The molecule has 1 N–H and O–H groups in total. The van der Waals surface area contributed by atoms with Crippen LogP contribution in [0.2, 0.25) is 5.15 Å². The number of hydrogen-bond acceptors (Lipinski definition) is 2. The highest BCUT2D eigenvalue weighted by atomic mass is 79.9. The van der Waals surface area contributed by atoms with Crippen molar-refractivity contribution in [2.45, 2.75) is 0 Å². The molecule has 3 rings (SSSR count). The number of H-pyrrole nitrogens is 1. The minimum absolute atomic E-state index is 0.406. The number of nitrogens with zero attached hydrogens (tertiary/aromatic N) is 2. The van der Waals surface area contributed by atoms with E-state index in [-0.39, 0.29) is 0 Å². The summed E-state index contributed by atoms with van der Waals surface area (Å²) < 4.78 is 1.03. The van der Waals surface area contributed by atoms with E-state index in [1.807, 2.05) is 24.3 Å². The summed E-state index contributed by atoms with van der Waals surface area (Å²) in [5.74, 6) is 0. The summed E-state index contributed by atoms with van der Waals surface area (Å²) >= 11 is 9.25. The van der Waals surface area contributed by atoms with Gasteiger partial charge in [0.1, 0.15) is 0 Å². The molecular weight excluding hydrogens is 277 g/mol. The second-order valence-electron chi connectivity index (χ2n) is 3.24. The van der Waals surface area contributed by atoms with E-state index in [2.05, 4.69) is 31.1 Å². The van der Waals surface area contributed by atoms with Gasteiger partial charge in [-0.25, -0.2) is 0 Å². The topological polar surface area (TPSA) is 41.6 Å². The van der Waals surface area contributed by atoms with E-state index in [1.165, 1.54) is 0 Å². The zero-order chi connectivity index (χ0) is 10.4. The molecule has 0 amide bonds. The summed E-state index contributed by atoms with van der Waals surface area (Å²) in [7, 11) is 0.